The van der Waals surface area contributed by atoms with Gasteiger partial charge in [0.05, 0.1) is 15.0 Å². The van der Waals surface area contributed by atoms with Crippen molar-refractivity contribution in [3.8, 4) is 0 Å². The van der Waals surface area contributed by atoms with Crippen molar-refractivity contribution in [2.75, 3.05) is 11.9 Å². The Morgan fingerprint density at radius 2 is 2.05 bits per heavy atom. The molecule has 0 aromatic heterocycles. The number of halogens is 2. The maximum atomic E-state index is 11.1. The average molecular weight is 317 g/mol. The van der Waals surface area contributed by atoms with E-state index in [9.17, 15) is 10.1 Å². The predicted octanol–water partition coefficient (Wildman–Crippen LogP) is 5.14. The average Bonchev–Trinajstić information content (AvgIpc) is 2.39. The van der Waals surface area contributed by atoms with Gasteiger partial charge in [0, 0.05) is 12.6 Å². The Balaban J connectivity index is 2.08. The Hall–Kier alpha value is -1.00. The fraction of sp³-hybridized carbons (Fsp3) is 0.571. The molecule has 110 valence electrons. The van der Waals surface area contributed by atoms with Crippen molar-refractivity contribution in [1.82, 2.24) is 0 Å². The van der Waals surface area contributed by atoms with Crippen molar-refractivity contribution in [2.24, 2.45) is 11.8 Å². The molecule has 0 aliphatic heterocycles. The zero-order chi connectivity index (χ0) is 14.7. The van der Waals surface area contributed by atoms with Gasteiger partial charge in [-0.2, -0.15) is 0 Å². The molecule has 0 saturated heterocycles. The summed E-state index contributed by atoms with van der Waals surface area (Å²) < 4.78 is 0. The number of anilines is 1. The molecule has 2 rings (SSSR count). The van der Waals surface area contributed by atoms with Gasteiger partial charge in [-0.3, -0.25) is 10.1 Å². The molecule has 0 spiro atoms. The van der Waals surface area contributed by atoms with Crippen LogP contribution in [0.2, 0.25) is 10.0 Å². The van der Waals surface area contributed by atoms with E-state index in [0.717, 1.165) is 12.5 Å². The smallest absolute Gasteiger partial charge is 0.293 e. The summed E-state index contributed by atoms with van der Waals surface area (Å²) in [4.78, 5) is 10.6. The van der Waals surface area contributed by atoms with Gasteiger partial charge in [0.2, 0.25) is 0 Å². The highest BCUT2D eigenvalue weighted by Gasteiger charge is 2.21. The van der Waals surface area contributed by atoms with Gasteiger partial charge in [-0.15, -0.1) is 0 Å². The Labute approximate surface area is 128 Å². The largest absolute Gasteiger partial charge is 0.379 e. The minimum atomic E-state index is -0.436. The minimum absolute atomic E-state index is 0.0248. The quantitative estimate of drug-likeness (QED) is 0.618. The molecule has 4 nitrogen and oxygen atoms in total. The van der Waals surface area contributed by atoms with Crippen LogP contribution in [0.5, 0.6) is 0 Å². The number of rotatable bonds is 4. The van der Waals surface area contributed by atoms with Crippen molar-refractivity contribution in [2.45, 2.75) is 32.6 Å². The summed E-state index contributed by atoms with van der Waals surface area (Å²) in [5, 5.41) is 14.8. The first-order valence-electron chi connectivity index (χ1n) is 6.84. The summed E-state index contributed by atoms with van der Waals surface area (Å²) in [6, 6.07) is 2.84. The van der Waals surface area contributed by atoms with Gasteiger partial charge in [-0.05, 0) is 30.7 Å². The summed E-state index contributed by atoms with van der Waals surface area (Å²) in [6.07, 6.45) is 4.86. The Morgan fingerprint density at radius 3 is 2.70 bits per heavy atom. The molecule has 1 saturated carbocycles. The Kier molecular flexibility index (Phi) is 5.11. The molecule has 1 aromatic rings. The van der Waals surface area contributed by atoms with Gasteiger partial charge in [-0.25, -0.2) is 0 Å². The molecule has 1 N–H and O–H groups in total. The third-order valence-corrected chi connectivity index (χ3v) is 4.58. The van der Waals surface area contributed by atoms with Gasteiger partial charge >= 0.3 is 0 Å². The molecule has 1 aromatic carbocycles. The van der Waals surface area contributed by atoms with E-state index >= 15 is 0 Å². The highest BCUT2D eigenvalue weighted by molar-refractivity contribution is 6.42. The van der Waals surface area contributed by atoms with E-state index in [2.05, 4.69) is 12.2 Å². The fourth-order valence-electron chi connectivity index (χ4n) is 2.83. The van der Waals surface area contributed by atoms with Crippen molar-refractivity contribution < 1.29 is 4.92 Å². The molecule has 1 fully saturated rings. The second-order valence-electron chi connectivity index (χ2n) is 5.56. The summed E-state index contributed by atoms with van der Waals surface area (Å²) in [5.41, 5.74) is 0.422. The highest BCUT2D eigenvalue weighted by Crippen LogP contribution is 2.35. The molecule has 2 unspecified atom stereocenters. The molecule has 1 aliphatic carbocycles. The number of nitro benzene ring substituents is 1. The van der Waals surface area contributed by atoms with Crippen LogP contribution in [-0.4, -0.2) is 11.5 Å². The topological polar surface area (TPSA) is 55.2 Å². The standard InChI is InChI=1S/C14H18Cl2N2O2/c1-9-3-2-4-10(5-9)8-17-13-6-11(15)12(16)7-14(13)18(19)20/h6-7,9-10,17H,2-5,8H2,1H3. The molecule has 0 amide bonds. The lowest BCUT2D eigenvalue weighted by Gasteiger charge is -2.27. The van der Waals surface area contributed by atoms with E-state index in [4.69, 9.17) is 23.2 Å². The van der Waals surface area contributed by atoms with Crippen molar-refractivity contribution in [3.63, 3.8) is 0 Å². The van der Waals surface area contributed by atoms with Gasteiger partial charge in [0.25, 0.3) is 5.69 Å². The molecule has 1 aliphatic rings. The molecular formula is C14H18Cl2N2O2. The lowest BCUT2D eigenvalue weighted by atomic mass is 9.82. The number of nitrogens with zero attached hydrogens (tertiary/aromatic N) is 1. The number of hydrogen-bond acceptors (Lipinski definition) is 3. The van der Waals surface area contributed by atoms with Crippen molar-refractivity contribution in [1.29, 1.82) is 0 Å². The third-order valence-electron chi connectivity index (χ3n) is 3.86. The van der Waals surface area contributed by atoms with Gasteiger partial charge in [0.15, 0.2) is 0 Å². The molecule has 6 heteroatoms. The molecule has 2 atom stereocenters. The van der Waals surface area contributed by atoms with Crippen LogP contribution in [0.3, 0.4) is 0 Å². The van der Waals surface area contributed by atoms with E-state index in [1.54, 1.807) is 0 Å². The monoisotopic (exact) mass is 316 g/mol. The lowest BCUT2D eigenvalue weighted by molar-refractivity contribution is -0.383. The third kappa shape index (κ3) is 3.76. The Morgan fingerprint density at radius 1 is 1.35 bits per heavy atom. The van der Waals surface area contributed by atoms with Crippen LogP contribution >= 0.6 is 23.2 Å². The number of hydrogen-bond donors (Lipinski definition) is 1. The molecule has 0 heterocycles. The molecule has 0 radical (unpaired) electrons. The van der Waals surface area contributed by atoms with E-state index in [1.807, 2.05) is 0 Å². The summed E-state index contributed by atoms with van der Waals surface area (Å²) in [6.45, 7) is 3.00. The normalized spacial score (nSPS) is 22.6. The summed E-state index contributed by atoms with van der Waals surface area (Å²) >= 11 is 11.8. The van der Waals surface area contributed by atoms with Gasteiger partial charge < -0.3 is 5.32 Å². The number of nitrogens with one attached hydrogen (secondary N) is 1. The van der Waals surface area contributed by atoms with Crippen LogP contribution in [0, 0.1) is 22.0 Å². The maximum absolute atomic E-state index is 11.1. The van der Waals surface area contributed by atoms with Gasteiger partial charge in [-0.1, -0.05) is 43.0 Å². The second-order valence-corrected chi connectivity index (χ2v) is 6.37. The van der Waals surface area contributed by atoms with Crippen LogP contribution in [0.4, 0.5) is 11.4 Å². The zero-order valence-electron chi connectivity index (χ0n) is 11.4. The fourth-order valence-corrected chi connectivity index (χ4v) is 3.15. The van der Waals surface area contributed by atoms with Gasteiger partial charge in [0.1, 0.15) is 5.69 Å². The van der Waals surface area contributed by atoms with Crippen LogP contribution in [-0.2, 0) is 0 Å². The Bertz CT molecular complexity index is 508. The predicted molar refractivity (Wildman–Crippen MR) is 82.7 cm³/mol. The van der Waals surface area contributed by atoms with Crippen LogP contribution in [0.25, 0.3) is 0 Å². The van der Waals surface area contributed by atoms with Crippen LogP contribution < -0.4 is 5.32 Å². The molecule has 20 heavy (non-hydrogen) atoms. The minimum Gasteiger partial charge on any atom is -0.379 e. The van der Waals surface area contributed by atoms with E-state index in [-0.39, 0.29) is 10.7 Å². The van der Waals surface area contributed by atoms with E-state index < -0.39 is 4.92 Å². The number of benzene rings is 1. The zero-order valence-corrected chi connectivity index (χ0v) is 12.9. The first-order chi connectivity index (χ1) is 9.47. The first kappa shape index (κ1) is 15.4. The van der Waals surface area contributed by atoms with Crippen LogP contribution in [0.15, 0.2) is 12.1 Å². The highest BCUT2D eigenvalue weighted by atomic mass is 35.5. The number of nitro groups is 1. The molecular weight excluding hydrogens is 299 g/mol. The summed E-state index contributed by atoms with van der Waals surface area (Å²) in [7, 11) is 0. The maximum Gasteiger partial charge on any atom is 0.293 e. The van der Waals surface area contributed by atoms with Crippen molar-refractivity contribution >= 4 is 34.6 Å². The SMILES string of the molecule is CC1CCCC(CNc2cc(Cl)c(Cl)cc2[N+](=O)[O-])C1. The first-order valence-corrected chi connectivity index (χ1v) is 7.60. The lowest BCUT2D eigenvalue weighted by Crippen LogP contribution is -2.21. The molecule has 0 bridgehead atoms. The van der Waals surface area contributed by atoms with E-state index in [0.29, 0.717) is 16.6 Å². The van der Waals surface area contributed by atoms with Crippen molar-refractivity contribution in [3.05, 3.63) is 32.3 Å². The second kappa shape index (κ2) is 6.64. The summed E-state index contributed by atoms with van der Waals surface area (Å²) in [5.74, 6) is 1.30. The van der Waals surface area contributed by atoms with Crippen LogP contribution in [0.1, 0.15) is 32.6 Å². The van der Waals surface area contributed by atoms with E-state index in [1.165, 1.54) is 37.8 Å².